The second kappa shape index (κ2) is 8.75. The molecule has 28 heavy (non-hydrogen) atoms. The first kappa shape index (κ1) is 19.7. The van der Waals surface area contributed by atoms with Gasteiger partial charge in [0, 0.05) is 10.9 Å². The van der Waals surface area contributed by atoms with Gasteiger partial charge >= 0.3 is 5.97 Å². The lowest BCUT2D eigenvalue weighted by atomic mass is 10.1. The fourth-order valence-corrected chi connectivity index (χ4v) is 3.54. The highest BCUT2D eigenvalue weighted by Crippen LogP contribution is 2.33. The number of carbonyl (C=O) groups is 1. The molecule has 0 saturated heterocycles. The molecule has 3 rings (SSSR count). The van der Waals surface area contributed by atoms with E-state index in [0.717, 1.165) is 22.4 Å². The van der Waals surface area contributed by atoms with Gasteiger partial charge in [0.25, 0.3) is 0 Å². The van der Waals surface area contributed by atoms with Crippen LogP contribution in [0.4, 0.5) is 0 Å². The van der Waals surface area contributed by atoms with Crippen molar-refractivity contribution in [3.63, 3.8) is 0 Å². The Hall–Kier alpha value is -3.06. The summed E-state index contributed by atoms with van der Waals surface area (Å²) in [5, 5.41) is 11.1. The van der Waals surface area contributed by atoms with Gasteiger partial charge in [-0.1, -0.05) is 6.07 Å². The van der Waals surface area contributed by atoms with Gasteiger partial charge in [0.05, 0.1) is 7.11 Å². The van der Waals surface area contributed by atoms with Crippen molar-refractivity contribution in [3.05, 3.63) is 58.6 Å². The molecule has 1 heterocycles. The Labute approximate surface area is 167 Å². The summed E-state index contributed by atoms with van der Waals surface area (Å²) in [6.45, 7) is 4.83. The number of benzene rings is 2. The summed E-state index contributed by atoms with van der Waals surface area (Å²) in [4.78, 5) is 15.1. The molecule has 0 radical (unpaired) electrons. The summed E-state index contributed by atoms with van der Waals surface area (Å²) in [5.74, 6) is 0.918. The van der Waals surface area contributed by atoms with Gasteiger partial charge in [0.15, 0.2) is 17.2 Å². The van der Waals surface area contributed by atoms with E-state index in [1.54, 1.807) is 19.2 Å². The van der Waals surface area contributed by atoms with E-state index in [4.69, 9.17) is 19.3 Å². The maximum absolute atomic E-state index is 11.0. The molecule has 0 aliphatic heterocycles. The number of hydrogen-bond acceptors (Lipinski definition) is 6. The Bertz CT molecular complexity index is 962. The highest BCUT2D eigenvalue weighted by atomic mass is 32.1. The number of ether oxygens (including phenoxy) is 3. The van der Waals surface area contributed by atoms with E-state index in [2.05, 4.69) is 11.1 Å². The number of carboxylic acids is 1. The molecule has 0 saturated carbocycles. The maximum Gasteiger partial charge on any atom is 0.355 e. The summed E-state index contributed by atoms with van der Waals surface area (Å²) in [5.41, 5.74) is 3.11. The third-order valence-electron chi connectivity index (χ3n) is 3.94. The maximum atomic E-state index is 11.0. The van der Waals surface area contributed by atoms with Crippen LogP contribution in [0.3, 0.4) is 0 Å². The Morgan fingerprint density at radius 3 is 2.39 bits per heavy atom. The lowest BCUT2D eigenvalue weighted by Gasteiger charge is -2.13. The molecule has 0 fully saturated rings. The van der Waals surface area contributed by atoms with Gasteiger partial charge in [-0.05, 0) is 55.3 Å². The molecular formula is C21H21NO5S. The van der Waals surface area contributed by atoms with Gasteiger partial charge in [-0.15, -0.1) is 11.3 Å². The van der Waals surface area contributed by atoms with Gasteiger partial charge in [0.2, 0.25) is 0 Å². The van der Waals surface area contributed by atoms with Gasteiger partial charge in [-0.3, -0.25) is 0 Å². The average molecular weight is 399 g/mol. The Morgan fingerprint density at radius 1 is 1.04 bits per heavy atom. The molecule has 0 spiro atoms. The largest absolute Gasteiger partial charge is 0.493 e. The van der Waals surface area contributed by atoms with E-state index in [0.29, 0.717) is 29.7 Å². The normalized spacial score (nSPS) is 10.5. The molecule has 3 aromatic rings. The zero-order chi connectivity index (χ0) is 20.1. The molecule has 7 heteroatoms. The summed E-state index contributed by atoms with van der Waals surface area (Å²) in [6.07, 6.45) is 0. The first-order valence-corrected chi connectivity index (χ1v) is 9.55. The average Bonchev–Trinajstić information content (AvgIpc) is 3.15. The number of nitrogens with zero attached hydrogens (tertiary/aromatic N) is 1. The minimum absolute atomic E-state index is 0.0304. The summed E-state index contributed by atoms with van der Waals surface area (Å²) in [6, 6.07) is 11.5. The summed E-state index contributed by atoms with van der Waals surface area (Å²) in [7, 11) is 1.56. The van der Waals surface area contributed by atoms with Crippen LogP contribution in [-0.4, -0.2) is 36.4 Å². The van der Waals surface area contributed by atoms with E-state index < -0.39 is 5.97 Å². The second-order valence-corrected chi connectivity index (χ2v) is 7.09. The third-order valence-corrected chi connectivity index (χ3v) is 4.83. The molecule has 0 amide bonds. The van der Waals surface area contributed by atoms with E-state index in [1.165, 1.54) is 16.7 Å². The van der Waals surface area contributed by atoms with Crippen molar-refractivity contribution < 1.29 is 24.1 Å². The van der Waals surface area contributed by atoms with Gasteiger partial charge in [0.1, 0.15) is 24.0 Å². The van der Waals surface area contributed by atoms with Crippen molar-refractivity contribution in [1.82, 2.24) is 4.98 Å². The molecular weight excluding hydrogens is 378 g/mol. The highest BCUT2D eigenvalue weighted by Gasteiger charge is 2.13. The molecule has 0 atom stereocenters. The molecule has 0 aliphatic carbocycles. The van der Waals surface area contributed by atoms with Crippen LogP contribution in [0.1, 0.15) is 21.6 Å². The number of methoxy groups -OCH3 is 1. The lowest BCUT2D eigenvalue weighted by molar-refractivity contribution is 0.0691. The zero-order valence-electron chi connectivity index (χ0n) is 15.9. The van der Waals surface area contributed by atoms with Crippen molar-refractivity contribution in [2.75, 3.05) is 20.3 Å². The monoisotopic (exact) mass is 399 g/mol. The van der Waals surface area contributed by atoms with Crippen LogP contribution >= 0.6 is 11.3 Å². The number of aryl methyl sites for hydroxylation is 2. The van der Waals surface area contributed by atoms with Gasteiger partial charge < -0.3 is 19.3 Å². The summed E-state index contributed by atoms with van der Waals surface area (Å²) >= 11 is 1.27. The van der Waals surface area contributed by atoms with E-state index >= 15 is 0 Å². The fourth-order valence-electron chi connectivity index (χ4n) is 2.75. The number of hydrogen-bond donors (Lipinski definition) is 1. The molecule has 0 aliphatic rings. The lowest BCUT2D eigenvalue weighted by Crippen LogP contribution is -2.09. The van der Waals surface area contributed by atoms with E-state index in [1.807, 2.05) is 32.0 Å². The van der Waals surface area contributed by atoms with Crippen LogP contribution in [0.15, 0.2) is 41.8 Å². The predicted octanol–water partition coefficient (Wildman–Crippen LogP) is 4.59. The standard InChI is InChI=1S/C21H21NO5S/c1-13-8-14(2)10-16(9-13)26-6-7-27-18-5-4-15(11-19(18)25-3)20-22-17(12-28-20)21(23)24/h4-5,8-12H,6-7H2,1-3H3,(H,23,24). The van der Waals surface area contributed by atoms with Crippen molar-refractivity contribution in [3.8, 4) is 27.8 Å². The van der Waals surface area contributed by atoms with Crippen molar-refractivity contribution in [2.45, 2.75) is 13.8 Å². The first-order valence-electron chi connectivity index (χ1n) is 8.67. The SMILES string of the molecule is COc1cc(-c2nc(C(=O)O)cs2)ccc1OCCOc1cc(C)cc(C)c1. The summed E-state index contributed by atoms with van der Waals surface area (Å²) < 4.78 is 16.9. The van der Waals surface area contributed by atoms with E-state index in [9.17, 15) is 4.79 Å². The van der Waals surface area contributed by atoms with Crippen LogP contribution in [0.5, 0.6) is 17.2 Å². The van der Waals surface area contributed by atoms with Crippen LogP contribution in [0.2, 0.25) is 0 Å². The van der Waals surface area contributed by atoms with Crippen LogP contribution in [0.25, 0.3) is 10.6 Å². The number of carboxylic acid groups (broad SMARTS) is 1. The van der Waals surface area contributed by atoms with Crippen LogP contribution in [0, 0.1) is 13.8 Å². The molecule has 1 aromatic heterocycles. The van der Waals surface area contributed by atoms with Crippen molar-refractivity contribution in [2.24, 2.45) is 0 Å². The van der Waals surface area contributed by atoms with Gasteiger partial charge in [-0.25, -0.2) is 9.78 Å². The Morgan fingerprint density at radius 2 is 1.75 bits per heavy atom. The van der Waals surface area contributed by atoms with Gasteiger partial charge in [-0.2, -0.15) is 0 Å². The second-order valence-electron chi connectivity index (χ2n) is 6.23. The molecule has 0 bridgehead atoms. The minimum Gasteiger partial charge on any atom is -0.493 e. The van der Waals surface area contributed by atoms with Crippen molar-refractivity contribution >= 4 is 17.3 Å². The topological polar surface area (TPSA) is 77.9 Å². The van der Waals surface area contributed by atoms with Crippen LogP contribution in [-0.2, 0) is 0 Å². The molecule has 6 nitrogen and oxygen atoms in total. The van der Waals surface area contributed by atoms with Crippen molar-refractivity contribution in [1.29, 1.82) is 0 Å². The third kappa shape index (κ3) is 4.80. The fraction of sp³-hybridized carbons (Fsp3) is 0.238. The number of thiazole rings is 1. The molecule has 1 N–H and O–H groups in total. The van der Waals surface area contributed by atoms with E-state index in [-0.39, 0.29) is 5.69 Å². The smallest absolute Gasteiger partial charge is 0.355 e. The number of aromatic nitrogens is 1. The quantitative estimate of drug-likeness (QED) is 0.558. The highest BCUT2D eigenvalue weighted by molar-refractivity contribution is 7.13. The number of rotatable bonds is 8. The number of aromatic carboxylic acids is 1. The minimum atomic E-state index is -1.04. The van der Waals surface area contributed by atoms with Crippen LogP contribution < -0.4 is 14.2 Å². The molecule has 2 aromatic carbocycles. The molecule has 0 unspecified atom stereocenters. The molecule has 146 valence electrons. The predicted molar refractivity (Wildman–Crippen MR) is 108 cm³/mol. The first-order chi connectivity index (χ1) is 13.5. The Balaban J connectivity index is 1.63. The zero-order valence-corrected chi connectivity index (χ0v) is 16.7. The Kier molecular flexibility index (Phi) is 6.16.